The Morgan fingerprint density at radius 2 is 2.45 bits per heavy atom. The zero-order chi connectivity index (χ0) is 8.27. The summed E-state index contributed by atoms with van der Waals surface area (Å²) in [6, 6.07) is 1.62. The molecule has 0 saturated heterocycles. The van der Waals surface area contributed by atoms with E-state index in [2.05, 4.69) is 10.2 Å². The molecule has 0 aromatic carbocycles. The maximum absolute atomic E-state index is 8.98. The molecule has 1 aromatic rings. The molecule has 62 valence electrons. The number of nitrogens with two attached hydrogens (primary N) is 1. The molecule has 5 N–H and O–H groups in total. The van der Waals surface area contributed by atoms with Crippen molar-refractivity contribution in [2.24, 2.45) is 0 Å². The first-order chi connectivity index (χ1) is 5.22. The second-order valence-electron chi connectivity index (χ2n) is 2.36. The first-order valence-electron chi connectivity index (χ1n) is 3.31. The fourth-order valence-electron chi connectivity index (χ4n) is 0.791. The van der Waals surface area contributed by atoms with E-state index in [0.29, 0.717) is 17.9 Å². The van der Waals surface area contributed by atoms with Gasteiger partial charge in [-0.3, -0.25) is 5.10 Å². The van der Waals surface area contributed by atoms with Crippen LogP contribution in [0, 0.1) is 0 Å². The Hall–Kier alpha value is -1.07. The highest BCUT2D eigenvalue weighted by Crippen LogP contribution is 2.02. The van der Waals surface area contributed by atoms with E-state index in [0.717, 1.165) is 0 Å². The van der Waals surface area contributed by atoms with Gasteiger partial charge in [-0.25, -0.2) is 0 Å². The van der Waals surface area contributed by atoms with E-state index in [1.165, 1.54) is 0 Å². The number of H-pyrrole nitrogens is 1. The van der Waals surface area contributed by atoms with E-state index in [1.807, 2.05) is 0 Å². The van der Waals surface area contributed by atoms with Gasteiger partial charge in [-0.1, -0.05) is 0 Å². The minimum Gasteiger partial charge on any atom is -0.394 e. The number of aromatic amines is 1. The highest BCUT2D eigenvalue weighted by molar-refractivity contribution is 5.28. The maximum Gasteiger partial charge on any atom is 0.119 e. The summed E-state index contributed by atoms with van der Waals surface area (Å²) in [5, 5.41) is 23.8. The Kier molecular flexibility index (Phi) is 2.45. The van der Waals surface area contributed by atoms with Crippen molar-refractivity contribution in [3.05, 3.63) is 11.8 Å². The van der Waals surface area contributed by atoms with Crippen LogP contribution in [0.2, 0.25) is 0 Å². The highest BCUT2D eigenvalue weighted by atomic mass is 16.3. The smallest absolute Gasteiger partial charge is 0.119 e. The van der Waals surface area contributed by atoms with E-state index in [4.69, 9.17) is 15.9 Å². The fraction of sp³-hybridized carbons (Fsp3) is 0.500. The number of aliphatic hydroxyl groups excluding tert-OH is 2. The summed E-state index contributed by atoms with van der Waals surface area (Å²) >= 11 is 0. The minimum atomic E-state index is -0.752. The molecule has 1 aromatic heterocycles. The molecule has 11 heavy (non-hydrogen) atoms. The van der Waals surface area contributed by atoms with Crippen molar-refractivity contribution >= 4 is 5.82 Å². The first-order valence-corrected chi connectivity index (χ1v) is 3.31. The van der Waals surface area contributed by atoms with Gasteiger partial charge in [0.2, 0.25) is 0 Å². The van der Waals surface area contributed by atoms with Gasteiger partial charge in [-0.05, 0) is 0 Å². The van der Waals surface area contributed by atoms with Crippen LogP contribution in [0.1, 0.15) is 5.69 Å². The standard InChI is InChI=1S/C6H11N3O2/c7-6-2-4(8-9-6)1-5(11)3-10/h2,5,10-11H,1,3H2,(H3,7,8,9). The summed E-state index contributed by atoms with van der Waals surface area (Å²) in [4.78, 5) is 0. The van der Waals surface area contributed by atoms with Gasteiger partial charge in [0.15, 0.2) is 0 Å². The van der Waals surface area contributed by atoms with E-state index in [-0.39, 0.29) is 6.61 Å². The monoisotopic (exact) mass is 157 g/mol. The van der Waals surface area contributed by atoms with Crippen LogP contribution in [0.3, 0.4) is 0 Å². The van der Waals surface area contributed by atoms with Crippen LogP contribution in [0.15, 0.2) is 6.07 Å². The van der Waals surface area contributed by atoms with Crippen molar-refractivity contribution in [2.75, 3.05) is 12.3 Å². The van der Waals surface area contributed by atoms with Crippen LogP contribution in [-0.2, 0) is 6.42 Å². The minimum absolute atomic E-state index is 0.257. The largest absolute Gasteiger partial charge is 0.394 e. The first kappa shape index (κ1) is 8.03. The lowest BCUT2D eigenvalue weighted by Gasteiger charge is -2.01. The van der Waals surface area contributed by atoms with E-state index < -0.39 is 6.10 Å². The summed E-state index contributed by atoms with van der Waals surface area (Å²) in [5.41, 5.74) is 5.99. The third-order valence-electron chi connectivity index (χ3n) is 1.31. The lowest BCUT2D eigenvalue weighted by molar-refractivity contribution is 0.0947. The molecule has 0 spiro atoms. The highest BCUT2D eigenvalue weighted by Gasteiger charge is 2.05. The van der Waals surface area contributed by atoms with Crippen LogP contribution < -0.4 is 5.73 Å². The number of hydrogen-bond acceptors (Lipinski definition) is 4. The average molecular weight is 157 g/mol. The Morgan fingerprint density at radius 1 is 1.73 bits per heavy atom. The zero-order valence-corrected chi connectivity index (χ0v) is 5.99. The SMILES string of the molecule is Nc1cc(CC(O)CO)n[nH]1. The van der Waals surface area contributed by atoms with Gasteiger partial charge in [-0.15, -0.1) is 0 Å². The van der Waals surface area contributed by atoms with Crippen molar-refractivity contribution in [1.29, 1.82) is 0 Å². The Balaban J connectivity index is 2.50. The van der Waals surface area contributed by atoms with Gasteiger partial charge in [0.25, 0.3) is 0 Å². The van der Waals surface area contributed by atoms with Crippen molar-refractivity contribution in [3.63, 3.8) is 0 Å². The average Bonchev–Trinajstić information content (AvgIpc) is 2.35. The summed E-state index contributed by atoms with van der Waals surface area (Å²) in [6.07, 6.45) is -0.429. The molecule has 1 atom stereocenters. The van der Waals surface area contributed by atoms with Crippen LogP contribution in [0.25, 0.3) is 0 Å². The number of nitrogens with zero attached hydrogens (tertiary/aromatic N) is 1. The van der Waals surface area contributed by atoms with Gasteiger partial charge in [0.05, 0.1) is 18.4 Å². The zero-order valence-electron chi connectivity index (χ0n) is 5.99. The van der Waals surface area contributed by atoms with Gasteiger partial charge >= 0.3 is 0 Å². The van der Waals surface area contributed by atoms with Crippen LogP contribution in [0.5, 0.6) is 0 Å². The lowest BCUT2D eigenvalue weighted by Crippen LogP contribution is -2.15. The summed E-state index contributed by atoms with van der Waals surface area (Å²) in [5.74, 6) is 0.463. The molecular formula is C6H11N3O2. The molecule has 0 saturated carbocycles. The van der Waals surface area contributed by atoms with Crippen LogP contribution >= 0.6 is 0 Å². The Morgan fingerprint density at radius 3 is 2.91 bits per heavy atom. The second kappa shape index (κ2) is 3.36. The molecule has 1 unspecified atom stereocenters. The molecule has 0 aliphatic carbocycles. The van der Waals surface area contributed by atoms with Gasteiger partial charge < -0.3 is 15.9 Å². The summed E-state index contributed by atoms with van der Waals surface area (Å²) in [7, 11) is 0. The Labute approximate surface area is 63.9 Å². The molecule has 1 rings (SSSR count). The maximum atomic E-state index is 8.98. The van der Waals surface area contributed by atoms with Crippen LogP contribution in [0.4, 0.5) is 5.82 Å². The molecule has 0 aliphatic rings. The third-order valence-corrected chi connectivity index (χ3v) is 1.31. The second-order valence-corrected chi connectivity index (χ2v) is 2.36. The molecule has 0 bridgehead atoms. The quantitative estimate of drug-likeness (QED) is 0.447. The lowest BCUT2D eigenvalue weighted by atomic mass is 10.2. The fourth-order valence-corrected chi connectivity index (χ4v) is 0.791. The number of hydrogen-bond donors (Lipinski definition) is 4. The number of nitrogens with one attached hydrogen (secondary N) is 1. The molecular weight excluding hydrogens is 146 g/mol. The molecule has 5 heteroatoms. The van der Waals surface area contributed by atoms with Crippen molar-refractivity contribution < 1.29 is 10.2 Å². The number of aliphatic hydroxyl groups is 2. The predicted octanol–water partition coefficient (Wildman–Crippen LogP) is -1.11. The van der Waals surface area contributed by atoms with Crippen LogP contribution in [-0.4, -0.2) is 33.1 Å². The molecule has 5 nitrogen and oxygen atoms in total. The van der Waals surface area contributed by atoms with Crippen molar-refractivity contribution in [1.82, 2.24) is 10.2 Å². The molecule has 0 aliphatic heterocycles. The molecule has 1 heterocycles. The predicted molar refractivity (Wildman–Crippen MR) is 39.8 cm³/mol. The Bertz CT molecular complexity index is 223. The third kappa shape index (κ3) is 2.21. The van der Waals surface area contributed by atoms with Gasteiger partial charge in [0, 0.05) is 12.5 Å². The number of rotatable bonds is 3. The van der Waals surface area contributed by atoms with Gasteiger partial charge in [0.1, 0.15) is 5.82 Å². The van der Waals surface area contributed by atoms with Crippen molar-refractivity contribution in [2.45, 2.75) is 12.5 Å². The van der Waals surface area contributed by atoms with E-state index in [1.54, 1.807) is 6.07 Å². The van der Waals surface area contributed by atoms with Gasteiger partial charge in [-0.2, -0.15) is 5.10 Å². The number of aromatic nitrogens is 2. The number of nitrogen functional groups attached to an aromatic ring is 1. The topological polar surface area (TPSA) is 95.2 Å². The molecule has 0 fully saturated rings. The summed E-state index contributed by atoms with van der Waals surface area (Å²) < 4.78 is 0. The normalized spacial score (nSPS) is 13.3. The molecule has 0 radical (unpaired) electrons. The summed E-state index contributed by atoms with van der Waals surface area (Å²) in [6.45, 7) is -0.257. The molecule has 0 amide bonds. The number of anilines is 1. The van der Waals surface area contributed by atoms with E-state index >= 15 is 0 Å². The van der Waals surface area contributed by atoms with E-state index in [9.17, 15) is 0 Å². The van der Waals surface area contributed by atoms with Crippen molar-refractivity contribution in [3.8, 4) is 0 Å².